The van der Waals surface area contributed by atoms with Crippen LogP contribution in [0.1, 0.15) is 45.4 Å². The van der Waals surface area contributed by atoms with Gasteiger partial charge in [0.25, 0.3) is 0 Å². The summed E-state index contributed by atoms with van der Waals surface area (Å²) in [6.45, 7) is 2.58. The molecule has 8 saturated carbocycles. The Bertz CT molecular complexity index is 388. The van der Waals surface area contributed by atoms with Gasteiger partial charge in [-0.1, -0.05) is 6.92 Å². The maximum absolute atomic E-state index is 2.58. The summed E-state index contributed by atoms with van der Waals surface area (Å²) < 4.78 is 0. The molecule has 8 aliphatic rings. The molecule has 0 aromatic carbocycles. The van der Waals surface area contributed by atoms with Crippen LogP contribution in [0, 0.1) is 58.7 Å². The predicted molar refractivity (Wildman–Crippen MR) is 67.2 cm³/mol. The van der Waals surface area contributed by atoms with Gasteiger partial charge in [-0.2, -0.15) is 0 Å². The molecule has 6 atom stereocenters. The van der Waals surface area contributed by atoms with Crippen LogP contribution >= 0.6 is 0 Å². The zero-order chi connectivity index (χ0) is 10.9. The van der Waals surface area contributed by atoms with Crippen LogP contribution in [0.3, 0.4) is 0 Å². The van der Waals surface area contributed by atoms with E-state index >= 15 is 0 Å². The lowest BCUT2D eigenvalue weighted by Gasteiger charge is -2.72. The zero-order valence-corrected chi connectivity index (χ0v) is 10.9. The minimum atomic E-state index is 0.912. The first-order valence-corrected chi connectivity index (χ1v) is 8.29. The Hall–Kier alpha value is 0. The largest absolute Gasteiger partial charge is 0.0619 e. The average Bonchev–Trinajstić information content (AvgIpc) is 2.98. The van der Waals surface area contributed by atoms with Crippen molar-refractivity contribution >= 4 is 0 Å². The first-order chi connectivity index (χ1) is 8.29. The van der Waals surface area contributed by atoms with Crippen molar-refractivity contribution in [3.8, 4) is 0 Å². The van der Waals surface area contributed by atoms with Gasteiger partial charge in [0.1, 0.15) is 0 Å². The van der Waals surface area contributed by atoms with E-state index in [1.165, 1.54) is 47.3 Å². The van der Waals surface area contributed by atoms with Crippen LogP contribution in [0.2, 0.25) is 0 Å². The zero-order valence-electron chi connectivity index (χ0n) is 10.9. The van der Waals surface area contributed by atoms with Crippen LogP contribution in [-0.2, 0) is 0 Å². The quantitative estimate of drug-likeness (QED) is 0.588. The van der Waals surface area contributed by atoms with E-state index in [0.717, 1.165) is 11.3 Å². The van der Waals surface area contributed by atoms with Crippen molar-refractivity contribution in [3.63, 3.8) is 0 Å². The molecule has 0 heteroatoms. The first-order valence-electron chi connectivity index (χ1n) is 8.29. The van der Waals surface area contributed by atoms with Crippen LogP contribution in [0.4, 0.5) is 0 Å². The van der Waals surface area contributed by atoms with Gasteiger partial charge in [-0.05, 0) is 97.2 Å². The van der Waals surface area contributed by atoms with Crippen molar-refractivity contribution in [1.29, 1.82) is 0 Å². The van der Waals surface area contributed by atoms with Crippen molar-refractivity contribution in [2.45, 2.75) is 45.4 Å². The van der Waals surface area contributed by atoms with Gasteiger partial charge < -0.3 is 0 Å². The molecule has 17 heavy (non-hydrogen) atoms. The third kappa shape index (κ3) is 0.742. The molecule has 1 spiro atoms. The second-order valence-electron chi connectivity index (χ2n) is 8.80. The van der Waals surface area contributed by atoms with Gasteiger partial charge in [0, 0.05) is 0 Å². The SMILES string of the molecule is CC1CC12C1CC3C4CC5CC3C2C(C5)C4C1. The van der Waals surface area contributed by atoms with Crippen molar-refractivity contribution in [2.75, 3.05) is 0 Å². The monoisotopic (exact) mass is 228 g/mol. The summed E-state index contributed by atoms with van der Waals surface area (Å²) in [5, 5.41) is 0. The number of hydrogen-bond acceptors (Lipinski definition) is 0. The van der Waals surface area contributed by atoms with Crippen molar-refractivity contribution in [1.82, 2.24) is 0 Å². The van der Waals surface area contributed by atoms with E-state index in [2.05, 4.69) is 6.92 Å². The van der Waals surface area contributed by atoms with Gasteiger partial charge in [0.2, 0.25) is 0 Å². The molecule has 8 aliphatic carbocycles. The molecule has 0 aliphatic heterocycles. The lowest BCUT2D eigenvalue weighted by Crippen LogP contribution is -2.66. The summed E-state index contributed by atoms with van der Waals surface area (Å²) in [6.07, 6.45) is 9.96. The standard InChI is InChI=1S/C17H24/c1-8-7-17(8)10-5-12-11-2-9-3-14(12)16(17)15(4-9)13(11)6-10/h8-16H,2-7H2,1H3. The van der Waals surface area contributed by atoms with Gasteiger partial charge in [-0.15, -0.1) is 0 Å². The topological polar surface area (TPSA) is 0 Å². The lowest BCUT2D eigenvalue weighted by molar-refractivity contribution is -0.241. The molecule has 0 nitrogen and oxygen atoms in total. The number of hydrogen-bond donors (Lipinski definition) is 0. The smallest absolute Gasteiger partial charge is 0.0207 e. The molecule has 0 saturated heterocycles. The molecule has 8 bridgehead atoms. The molecule has 0 aromatic heterocycles. The summed E-state index contributed by atoms with van der Waals surface area (Å²) in [5.41, 5.74) is 0.912. The highest BCUT2D eigenvalue weighted by atomic mass is 14.8. The highest BCUT2D eigenvalue weighted by Crippen LogP contribution is 2.82. The third-order valence-electron chi connectivity index (χ3n) is 8.85. The minimum absolute atomic E-state index is 0.912. The highest BCUT2D eigenvalue weighted by Gasteiger charge is 2.76. The Morgan fingerprint density at radius 3 is 1.88 bits per heavy atom. The second kappa shape index (κ2) is 2.37. The van der Waals surface area contributed by atoms with Gasteiger partial charge in [-0.3, -0.25) is 0 Å². The number of rotatable bonds is 0. The van der Waals surface area contributed by atoms with E-state index in [0.29, 0.717) is 0 Å². The lowest BCUT2D eigenvalue weighted by atomic mass is 9.32. The van der Waals surface area contributed by atoms with E-state index in [1.807, 2.05) is 0 Å². The molecule has 92 valence electrons. The summed E-state index contributed by atoms with van der Waals surface area (Å²) >= 11 is 0. The molecule has 0 N–H and O–H groups in total. The van der Waals surface area contributed by atoms with E-state index in [4.69, 9.17) is 0 Å². The third-order valence-corrected chi connectivity index (χ3v) is 8.85. The summed E-state index contributed by atoms with van der Waals surface area (Å²) in [5.74, 6) is 10.8. The van der Waals surface area contributed by atoms with Crippen molar-refractivity contribution < 1.29 is 0 Å². The molecule has 8 rings (SSSR count). The molecule has 6 unspecified atom stereocenters. The fourth-order valence-electron chi connectivity index (χ4n) is 8.70. The second-order valence-corrected chi connectivity index (χ2v) is 8.80. The first kappa shape index (κ1) is 8.99. The average molecular weight is 228 g/mol. The van der Waals surface area contributed by atoms with Gasteiger partial charge in [-0.25, -0.2) is 0 Å². The summed E-state index contributed by atoms with van der Waals surface area (Å²) in [7, 11) is 0. The molecular weight excluding hydrogens is 204 g/mol. The Morgan fingerprint density at radius 1 is 0.765 bits per heavy atom. The van der Waals surface area contributed by atoms with E-state index in [9.17, 15) is 0 Å². The fraction of sp³-hybridized carbons (Fsp3) is 1.00. The van der Waals surface area contributed by atoms with Gasteiger partial charge in [0.05, 0.1) is 0 Å². The summed E-state index contributed by atoms with van der Waals surface area (Å²) in [6, 6.07) is 0. The molecular formula is C17H24. The van der Waals surface area contributed by atoms with Crippen LogP contribution in [0.15, 0.2) is 0 Å². The fourth-order valence-corrected chi connectivity index (χ4v) is 8.70. The van der Waals surface area contributed by atoms with Gasteiger partial charge in [0.15, 0.2) is 0 Å². The van der Waals surface area contributed by atoms with E-state index in [-0.39, 0.29) is 0 Å². The van der Waals surface area contributed by atoms with Crippen LogP contribution in [0.25, 0.3) is 0 Å². The summed E-state index contributed by atoms with van der Waals surface area (Å²) in [4.78, 5) is 0. The Morgan fingerprint density at radius 2 is 1.29 bits per heavy atom. The molecule has 0 heterocycles. The molecule has 0 amide bonds. The Labute approximate surface area is 105 Å². The Balaban J connectivity index is 1.57. The molecule has 0 aromatic rings. The molecule has 0 radical (unpaired) electrons. The maximum Gasteiger partial charge on any atom is -0.0207 e. The predicted octanol–water partition coefficient (Wildman–Crippen LogP) is 3.96. The van der Waals surface area contributed by atoms with Crippen molar-refractivity contribution in [3.05, 3.63) is 0 Å². The van der Waals surface area contributed by atoms with E-state index in [1.54, 1.807) is 38.5 Å². The van der Waals surface area contributed by atoms with Gasteiger partial charge >= 0.3 is 0 Å². The Kier molecular flexibility index (Phi) is 1.25. The van der Waals surface area contributed by atoms with Crippen LogP contribution in [-0.4, -0.2) is 0 Å². The minimum Gasteiger partial charge on any atom is -0.0619 e. The van der Waals surface area contributed by atoms with Crippen LogP contribution < -0.4 is 0 Å². The molecule has 8 fully saturated rings. The van der Waals surface area contributed by atoms with Crippen molar-refractivity contribution in [2.24, 2.45) is 58.7 Å². The van der Waals surface area contributed by atoms with E-state index < -0.39 is 0 Å². The highest BCUT2D eigenvalue weighted by molar-refractivity contribution is 5.24. The van der Waals surface area contributed by atoms with Crippen LogP contribution in [0.5, 0.6) is 0 Å². The maximum atomic E-state index is 2.58. The normalized spacial score (nSPS) is 77.1.